The lowest BCUT2D eigenvalue weighted by Crippen LogP contribution is -2.39. The summed E-state index contributed by atoms with van der Waals surface area (Å²) in [5.74, 6) is 0.882. The molecule has 1 aliphatic heterocycles. The van der Waals surface area contributed by atoms with Crippen LogP contribution < -0.4 is 5.32 Å². The molecule has 1 N–H and O–H groups in total. The first-order valence-electron chi connectivity index (χ1n) is 7.15. The summed E-state index contributed by atoms with van der Waals surface area (Å²) in [5, 5.41) is 12.3. The Balaban J connectivity index is 2.21. The maximum atomic E-state index is 9.05. The minimum atomic E-state index is 0.0388. The molecule has 0 amide bonds. The van der Waals surface area contributed by atoms with Gasteiger partial charge in [0.05, 0.1) is 12.1 Å². The first-order chi connectivity index (χ1) is 8.30. The molecule has 0 aromatic heterocycles. The Morgan fingerprint density at radius 2 is 2.29 bits per heavy atom. The molecule has 1 heterocycles. The third kappa shape index (κ3) is 5.52. The topological polar surface area (TPSA) is 39.1 Å². The summed E-state index contributed by atoms with van der Waals surface area (Å²) in [4.78, 5) is 2.54. The van der Waals surface area contributed by atoms with Crippen LogP contribution in [0.4, 0.5) is 0 Å². The molecule has 0 saturated carbocycles. The number of nitriles is 1. The fraction of sp³-hybridized carbons (Fsp3) is 0.929. The number of nitrogens with zero attached hydrogens (tertiary/aromatic N) is 2. The highest BCUT2D eigenvalue weighted by molar-refractivity contribution is 4.90. The van der Waals surface area contributed by atoms with Crippen molar-refractivity contribution >= 4 is 0 Å². The van der Waals surface area contributed by atoms with Gasteiger partial charge in [-0.2, -0.15) is 5.26 Å². The van der Waals surface area contributed by atoms with Gasteiger partial charge in [-0.15, -0.1) is 0 Å². The predicted octanol–water partition coefficient (Wildman–Crippen LogP) is 2.39. The van der Waals surface area contributed by atoms with Crippen LogP contribution in [-0.2, 0) is 0 Å². The number of piperidine rings is 1. The Bertz CT molecular complexity index is 234. The number of hydrogen-bond donors (Lipinski definition) is 1. The molecule has 0 aromatic carbocycles. The smallest absolute Gasteiger partial charge is 0.0965 e. The summed E-state index contributed by atoms with van der Waals surface area (Å²) in [6.45, 7) is 8.92. The van der Waals surface area contributed by atoms with Crippen molar-refractivity contribution in [3.8, 4) is 6.07 Å². The van der Waals surface area contributed by atoms with Gasteiger partial charge in [0.2, 0.25) is 0 Å². The molecule has 17 heavy (non-hydrogen) atoms. The molecule has 0 aliphatic carbocycles. The van der Waals surface area contributed by atoms with Gasteiger partial charge in [0.15, 0.2) is 0 Å². The molecule has 3 nitrogen and oxygen atoms in total. The van der Waals surface area contributed by atoms with Crippen LogP contribution in [0, 0.1) is 17.2 Å². The monoisotopic (exact) mass is 237 g/mol. The van der Waals surface area contributed by atoms with Crippen molar-refractivity contribution in [2.75, 3.05) is 26.2 Å². The molecule has 1 aliphatic rings. The minimum absolute atomic E-state index is 0.0388. The summed E-state index contributed by atoms with van der Waals surface area (Å²) in [6, 6.07) is 2.40. The van der Waals surface area contributed by atoms with Crippen molar-refractivity contribution in [2.45, 2.75) is 52.0 Å². The first kappa shape index (κ1) is 14.5. The average Bonchev–Trinajstić information content (AvgIpc) is 2.39. The Hall–Kier alpha value is -0.590. The normalized spacial score (nSPS) is 23.2. The molecule has 98 valence electrons. The molecule has 1 fully saturated rings. The van der Waals surface area contributed by atoms with Gasteiger partial charge < -0.3 is 10.2 Å². The lowest BCUT2D eigenvalue weighted by Gasteiger charge is -2.32. The molecular weight excluding hydrogens is 210 g/mol. The average molecular weight is 237 g/mol. The van der Waals surface area contributed by atoms with Gasteiger partial charge in [-0.25, -0.2) is 0 Å². The van der Waals surface area contributed by atoms with E-state index < -0.39 is 0 Å². The van der Waals surface area contributed by atoms with Gasteiger partial charge in [-0.05, 0) is 44.7 Å². The molecule has 2 atom stereocenters. The van der Waals surface area contributed by atoms with E-state index in [1.54, 1.807) is 0 Å². The highest BCUT2D eigenvalue weighted by Crippen LogP contribution is 2.19. The first-order valence-corrected chi connectivity index (χ1v) is 7.15. The summed E-state index contributed by atoms with van der Waals surface area (Å²) < 4.78 is 0. The van der Waals surface area contributed by atoms with Gasteiger partial charge in [0, 0.05) is 13.1 Å². The zero-order valence-corrected chi connectivity index (χ0v) is 11.4. The maximum Gasteiger partial charge on any atom is 0.0965 e. The number of rotatable bonds is 7. The van der Waals surface area contributed by atoms with E-state index in [1.165, 1.54) is 32.4 Å². The third-order valence-electron chi connectivity index (χ3n) is 3.71. The Morgan fingerprint density at radius 1 is 1.47 bits per heavy atom. The van der Waals surface area contributed by atoms with Crippen LogP contribution in [0.3, 0.4) is 0 Å². The van der Waals surface area contributed by atoms with Gasteiger partial charge in [-0.3, -0.25) is 0 Å². The van der Waals surface area contributed by atoms with Gasteiger partial charge in [0.1, 0.15) is 0 Å². The van der Waals surface area contributed by atoms with Crippen molar-refractivity contribution in [3.63, 3.8) is 0 Å². The number of likely N-dealkylation sites (tertiary alicyclic amines) is 1. The van der Waals surface area contributed by atoms with Crippen LogP contribution in [0.2, 0.25) is 0 Å². The summed E-state index contributed by atoms with van der Waals surface area (Å²) in [5.41, 5.74) is 0. The highest BCUT2D eigenvalue weighted by atomic mass is 15.1. The van der Waals surface area contributed by atoms with E-state index in [-0.39, 0.29) is 6.04 Å². The second-order valence-corrected chi connectivity index (χ2v) is 5.14. The van der Waals surface area contributed by atoms with E-state index in [9.17, 15) is 0 Å². The fourth-order valence-electron chi connectivity index (χ4n) is 2.53. The van der Waals surface area contributed by atoms with Crippen LogP contribution in [0.1, 0.15) is 46.0 Å². The molecule has 2 unspecified atom stereocenters. The fourth-order valence-corrected chi connectivity index (χ4v) is 2.53. The van der Waals surface area contributed by atoms with Gasteiger partial charge >= 0.3 is 0 Å². The molecule has 0 aromatic rings. The number of hydrogen-bond acceptors (Lipinski definition) is 3. The Morgan fingerprint density at radius 3 is 2.94 bits per heavy atom. The summed E-state index contributed by atoms with van der Waals surface area (Å²) >= 11 is 0. The zero-order chi connectivity index (χ0) is 12.5. The van der Waals surface area contributed by atoms with Crippen LogP contribution >= 0.6 is 0 Å². The summed E-state index contributed by atoms with van der Waals surface area (Å²) in [6.07, 6.45) is 6.08. The van der Waals surface area contributed by atoms with Crippen molar-refractivity contribution in [2.24, 2.45) is 5.92 Å². The molecule has 0 radical (unpaired) electrons. The van der Waals surface area contributed by atoms with Crippen LogP contribution in [0.25, 0.3) is 0 Å². The maximum absolute atomic E-state index is 9.05. The second kappa shape index (κ2) is 8.49. The largest absolute Gasteiger partial charge is 0.303 e. The summed E-state index contributed by atoms with van der Waals surface area (Å²) in [7, 11) is 0. The molecule has 1 saturated heterocycles. The molecule has 3 heteroatoms. The Kier molecular flexibility index (Phi) is 7.23. The van der Waals surface area contributed by atoms with Crippen molar-refractivity contribution < 1.29 is 0 Å². The van der Waals surface area contributed by atoms with E-state index in [4.69, 9.17) is 5.26 Å². The van der Waals surface area contributed by atoms with Crippen molar-refractivity contribution in [3.05, 3.63) is 0 Å². The van der Waals surface area contributed by atoms with E-state index in [0.717, 1.165) is 31.8 Å². The molecular formula is C14H27N3. The van der Waals surface area contributed by atoms with Gasteiger partial charge in [-0.1, -0.05) is 20.3 Å². The highest BCUT2D eigenvalue weighted by Gasteiger charge is 2.19. The van der Waals surface area contributed by atoms with Crippen molar-refractivity contribution in [1.82, 2.24) is 10.2 Å². The predicted molar refractivity (Wildman–Crippen MR) is 71.8 cm³/mol. The molecule has 0 bridgehead atoms. The lowest BCUT2D eigenvalue weighted by molar-refractivity contribution is 0.167. The number of nitrogens with one attached hydrogen (secondary N) is 1. The van der Waals surface area contributed by atoms with E-state index in [1.807, 2.05) is 0 Å². The van der Waals surface area contributed by atoms with E-state index >= 15 is 0 Å². The van der Waals surface area contributed by atoms with Crippen LogP contribution in [0.5, 0.6) is 0 Å². The van der Waals surface area contributed by atoms with Crippen LogP contribution in [0.15, 0.2) is 0 Å². The van der Waals surface area contributed by atoms with E-state index in [0.29, 0.717) is 0 Å². The minimum Gasteiger partial charge on any atom is -0.303 e. The van der Waals surface area contributed by atoms with Crippen LogP contribution in [-0.4, -0.2) is 37.1 Å². The van der Waals surface area contributed by atoms with Gasteiger partial charge in [0.25, 0.3) is 0 Å². The Labute approximate surface area is 106 Å². The van der Waals surface area contributed by atoms with E-state index in [2.05, 4.69) is 30.1 Å². The molecule has 1 rings (SSSR count). The quantitative estimate of drug-likeness (QED) is 0.739. The zero-order valence-electron chi connectivity index (χ0n) is 11.4. The standard InChI is InChI=1S/C14H27N3/c1-3-8-16-14(11-15)7-10-17-9-5-6-13(4-2)12-17/h13-14,16H,3-10,12H2,1-2H3. The molecule has 0 spiro atoms. The third-order valence-corrected chi connectivity index (χ3v) is 3.71. The second-order valence-electron chi connectivity index (χ2n) is 5.14. The SMILES string of the molecule is CCCNC(C#N)CCN1CCCC(CC)C1. The van der Waals surface area contributed by atoms with Crippen molar-refractivity contribution in [1.29, 1.82) is 5.26 Å². The lowest BCUT2D eigenvalue weighted by atomic mass is 9.95.